The predicted octanol–water partition coefficient (Wildman–Crippen LogP) is 3.43. The van der Waals surface area contributed by atoms with Gasteiger partial charge in [-0.1, -0.05) is 29.3 Å². The molecule has 0 spiro atoms. The highest BCUT2D eigenvalue weighted by atomic mass is 35.5. The molecular weight excluding hydrogens is 366 g/mol. The number of benzene rings is 1. The molecule has 0 saturated carbocycles. The van der Waals surface area contributed by atoms with Gasteiger partial charge < -0.3 is 10.6 Å². The number of rotatable bonds is 6. The van der Waals surface area contributed by atoms with Gasteiger partial charge in [0, 0.05) is 12.1 Å². The van der Waals surface area contributed by atoms with Crippen molar-refractivity contribution in [3.63, 3.8) is 0 Å². The van der Waals surface area contributed by atoms with Crippen LogP contribution in [0.3, 0.4) is 0 Å². The molecule has 1 fully saturated rings. The van der Waals surface area contributed by atoms with E-state index >= 15 is 0 Å². The molecule has 1 aromatic rings. The van der Waals surface area contributed by atoms with Crippen LogP contribution in [0.5, 0.6) is 0 Å². The SMILES string of the molecule is C/C=C/CNC(=O)C(C)Nc1cc(N2C(=O)CC(=C(C)C)C2=O)ccc1Cl. The summed E-state index contributed by atoms with van der Waals surface area (Å²) in [7, 11) is 0. The third kappa shape index (κ3) is 4.77. The van der Waals surface area contributed by atoms with Crippen LogP contribution >= 0.6 is 11.6 Å². The Labute approximate surface area is 164 Å². The van der Waals surface area contributed by atoms with Crippen LogP contribution in [0, 0.1) is 0 Å². The number of carbonyl (C=O) groups excluding carboxylic acids is 3. The topological polar surface area (TPSA) is 78.5 Å². The van der Waals surface area contributed by atoms with Crippen LogP contribution in [0.2, 0.25) is 5.02 Å². The molecule has 6 nitrogen and oxygen atoms in total. The molecule has 7 heteroatoms. The van der Waals surface area contributed by atoms with Crippen LogP contribution in [-0.4, -0.2) is 30.3 Å². The van der Waals surface area contributed by atoms with Gasteiger partial charge in [-0.15, -0.1) is 0 Å². The Bertz CT molecular complexity index is 826. The highest BCUT2D eigenvalue weighted by molar-refractivity contribution is 6.34. The number of allylic oxidation sites excluding steroid dienone is 2. The summed E-state index contributed by atoms with van der Waals surface area (Å²) in [4.78, 5) is 38.1. The first kappa shape index (κ1) is 20.7. The van der Waals surface area contributed by atoms with Crippen molar-refractivity contribution in [2.45, 2.75) is 40.2 Å². The average Bonchev–Trinajstić information content (AvgIpc) is 2.91. The van der Waals surface area contributed by atoms with Gasteiger partial charge in [0.15, 0.2) is 0 Å². The molecule has 0 radical (unpaired) electrons. The average molecular weight is 390 g/mol. The van der Waals surface area contributed by atoms with Gasteiger partial charge in [0.05, 0.1) is 22.8 Å². The van der Waals surface area contributed by atoms with Crippen molar-refractivity contribution < 1.29 is 14.4 Å². The monoisotopic (exact) mass is 389 g/mol. The Morgan fingerprint density at radius 1 is 1.33 bits per heavy atom. The third-order valence-corrected chi connectivity index (χ3v) is 4.58. The molecule has 1 aromatic carbocycles. The molecule has 0 aromatic heterocycles. The van der Waals surface area contributed by atoms with Crippen LogP contribution in [-0.2, 0) is 14.4 Å². The van der Waals surface area contributed by atoms with E-state index in [4.69, 9.17) is 11.6 Å². The Balaban J connectivity index is 2.21. The molecule has 2 N–H and O–H groups in total. The van der Waals surface area contributed by atoms with E-state index in [2.05, 4.69) is 10.6 Å². The Morgan fingerprint density at radius 2 is 2.04 bits per heavy atom. The Hall–Kier alpha value is -2.60. The van der Waals surface area contributed by atoms with E-state index in [9.17, 15) is 14.4 Å². The summed E-state index contributed by atoms with van der Waals surface area (Å²) in [6.07, 6.45) is 3.78. The maximum Gasteiger partial charge on any atom is 0.261 e. The molecule has 1 heterocycles. The van der Waals surface area contributed by atoms with Gasteiger partial charge in [-0.05, 0) is 45.9 Å². The van der Waals surface area contributed by atoms with Crippen molar-refractivity contribution >= 4 is 40.7 Å². The van der Waals surface area contributed by atoms with E-state index in [0.29, 0.717) is 28.5 Å². The number of nitrogens with zero attached hydrogens (tertiary/aromatic N) is 1. The molecule has 1 atom stereocenters. The van der Waals surface area contributed by atoms with Crippen LogP contribution in [0.4, 0.5) is 11.4 Å². The number of carbonyl (C=O) groups is 3. The molecule has 1 aliphatic heterocycles. The van der Waals surface area contributed by atoms with E-state index in [-0.39, 0.29) is 24.1 Å². The van der Waals surface area contributed by atoms with Crippen LogP contribution in [0.25, 0.3) is 0 Å². The molecule has 27 heavy (non-hydrogen) atoms. The first-order chi connectivity index (χ1) is 12.8. The van der Waals surface area contributed by atoms with Crippen molar-refractivity contribution in [2.75, 3.05) is 16.8 Å². The summed E-state index contributed by atoms with van der Waals surface area (Å²) in [6, 6.07) is 4.29. The van der Waals surface area contributed by atoms with Gasteiger partial charge in [0.1, 0.15) is 6.04 Å². The van der Waals surface area contributed by atoms with Gasteiger partial charge in [0.2, 0.25) is 11.8 Å². The zero-order valence-electron chi connectivity index (χ0n) is 15.9. The van der Waals surface area contributed by atoms with Crippen molar-refractivity contribution in [1.82, 2.24) is 5.32 Å². The summed E-state index contributed by atoms with van der Waals surface area (Å²) in [5.74, 6) is -0.776. The third-order valence-electron chi connectivity index (χ3n) is 4.25. The van der Waals surface area contributed by atoms with E-state index < -0.39 is 6.04 Å². The molecule has 3 amide bonds. The van der Waals surface area contributed by atoms with E-state index in [1.807, 2.05) is 32.9 Å². The van der Waals surface area contributed by atoms with Gasteiger partial charge >= 0.3 is 0 Å². The lowest BCUT2D eigenvalue weighted by Gasteiger charge is -2.19. The van der Waals surface area contributed by atoms with Crippen molar-refractivity contribution in [3.8, 4) is 0 Å². The summed E-state index contributed by atoms with van der Waals surface area (Å²) >= 11 is 6.23. The van der Waals surface area contributed by atoms with E-state index in [1.54, 1.807) is 25.1 Å². The maximum atomic E-state index is 12.6. The highest BCUT2D eigenvalue weighted by Crippen LogP contribution is 2.33. The largest absolute Gasteiger partial charge is 0.373 e. The van der Waals surface area contributed by atoms with Crippen molar-refractivity contribution in [1.29, 1.82) is 0 Å². The molecule has 1 saturated heterocycles. The Morgan fingerprint density at radius 3 is 2.63 bits per heavy atom. The lowest BCUT2D eigenvalue weighted by Crippen LogP contribution is -2.37. The zero-order valence-corrected chi connectivity index (χ0v) is 16.7. The second-order valence-electron chi connectivity index (χ2n) is 6.53. The van der Waals surface area contributed by atoms with Crippen LogP contribution in [0.1, 0.15) is 34.1 Å². The minimum absolute atomic E-state index is 0.0936. The molecule has 2 rings (SSSR count). The van der Waals surface area contributed by atoms with Gasteiger partial charge in [-0.25, -0.2) is 4.90 Å². The smallest absolute Gasteiger partial charge is 0.261 e. The number of nitrogens with one attached hydrogen (secondary N) is 2. The van der Waals surface area contributed by atoms with Gasteiger partial charge in [-0.2, -0.15) is 0 Å². The number of hydrogen-bond acceptors (Lipinski definition) is 4. The molecule has 1 unspecified atom stereocenters. The predicted molar refractivity (Wildman–Crippen MR) is 108 cm³/mol. The van der Waals surface area contributed by atoms with Crippen LogP contribution < -0.4 is 15.5 Å². The Kier molecular flexibility index (Phi) is 6.80. The summed E-state index contributed by atoms with van der Waals surface area (Å²) in [5.41, 5.74) is 2.25. The molecule has 0 bridgehead atoms. The fraction of sp³-hybridized carbons (Fsp3) is 0.350. The standard InChI is InChI=1S/C20H24ClN3O3/c1-5-6-9-22-19(26)13(4)23-17-10-14(7-8-16(17)21)24-18(25)11-15(12(2)3)20(24)27/h5-8,10,13,23H,9,11H2,1-4H3,(H,22,26)/b6-5+. The van der Waals surface area contributed by atoms with E-state index in [0.717, 1.165) is 10.5 Å². The minimum Gasteiger partial charge on any atom is -0.373 e. The van der Waals surface area contributed by atoms with Crippen molar-refractivity contribution in [2.24, 2.45) is 0 Å². The zero-order chi connectivity index (χ0) is 20.1. The summed E-state index contributed by atoms with van der Waals surface area (Å²) in [5, 5.41) is 6.20. The first-order valence-corrected chi connectivity index (χ1v) is 9.12. The number of imide groups is 1. The second-order valence-corrected chi connectivity index (χ2v) is 6.94. The lowest BCUT2D eigenvalue weighted by molar-refractivity contribution is -0.122. The quantitative estimate of drug-likeness (QED) is 0.444. The normalized spacial score (nSPS) is 15.4. The van der Waals surface area contributed by atoms with Gasteiger partial charge in [-0.3, -0.25) is 14.4 Å². The summed E-state index contributed by atoms with van der Waals surface area (Å²) in [6.45, 7) is 7.65. The minimum atomic E-state index is -0.540. The fourth-order valence-corrected chi connectivity index (χ4v) is 2.87. The fourth-order valence-electron chi connectivity index (χ4n) is 2.70. The van der Waals surface area contributed by atoms with Crippen molar-refractivity contribution in [3.05, 3.63) is 46.5 Å². The molecule has 144 valence electrons. The number of anilines is 2. The summed E-state index contributed by atoms with van der Waals surface area (Å²) < 4.78 is 0. The molecular formula is C20H24ClN3O3. The molecule has 0 aliphatic carbocycles. The highest BCUT2D eigenvalue weighted by Gasteiger charge is 2.35. The number of amides is 3. The second kappa shape index (κ2) is 8.86. The van der Waals surface area contributed by atoms with Crippen LogP contribution in [0.15, 0.2) is 41.5 Å². The lowest BCUT2D eigenvalue weighted by atomic mass is 10.1. The maximum absolute atomic E-state index is 12.6. The molecule has 1 aliphatic rings. The van der Waals surface area contributed by atoms with E-state index in [1.165, 1.54) is 0 Å². The first-order valence-electron chi connectivity index (χ1n) is 8.74. The van der Waals surface area contributed by atoms with Gasteiger partial charge in [0.25, 0.3) is 5.91 Å². The number of halogens is 1. The number of hydrogen-bond donors (Lipinski definition) is 2.